The number of nitrogens with one attached hydrogen (secondary N) is 1. The van der Waals surface area contributed by atoms with Gasteiger partial charge in [0.15, 0.2) is 15.7 Å². The number of halogens is 1. The highest BCUT2D eigenvalue weighted by Crippen LogP contribution is 2.29. The van der Waals surface area contributed by atoms with Crippen molar-refractivity contribution < 1.29 is 26.4 Å². The standard InChI is InChI=1S/C19H26ClN3O6S2/c1-3-4-19-22-13(2)17(29-19)10-21-31(27,28)18-6-5-14(9-16(18)20)23-7-8-30(25,26)15(11-23)12-24/h5-6,9,15,21,24H,3-4,7-8,10-12H2,1-2H3. The van der Waals surface area contributed by atoms with Crippen LogP contribution in [0.3, 0.4) is 0 Å². The van der Waals surface area contributed by atoms with E-state index in [1.54, 1.807) is 17.9 Å². The van der Waals surface area contributed by atoms with E-state index in [2.05, 4.69) is 9.71 Å². The van der Waals surface area contributed by atoms with E-state index in [1.807, 2.05) is 6.92 Å². The third-order valence-electron chi connectivity index (χ3n) is 5.17. The fraction of sp³-hybridized carbons (Fsp3) is 0.526. The summed E-state index contributed by atoms with van der Waals surface area (Å²) in [6, 6.07) is 4.44. The number of aromatic nitrogens is 1. The van der Waals surface area contributed by atoms with Gasteiger partial charge in [0.2, 0.25) is 10.0 Å². The minimum Gasteiger partial charge on any atom is -0.444 e. The van der Waals surface area contributed by atoms with Crippen LogP contribution in [0.1, 0.15) is 30.7 Å². The van der Waals surface area contributed by atoms with Gasteiger partial charge in [0.1, 0.15) is 15.9 Å². The maximum Gasteiger partial charge on any atom is 0.242 e. The molecule has 1 aromatic heterocycles. The smallest absolute Gasteiger partial charge is 0.242 e. The first-order valence-electron chi connectivity index (χ1n) is 9.89. The zero-order valence-corrected chi connectivity index (χ0v) is 19.7. The van der Waals surface area contributed by atoms with Gasteiger partial charge in [-0.3, -0.25) is 0 Å². The molecule has 0 radical (unpaired) electrons. The molecule has 172 valence electrons. The van der Waals surface area contributed by atoms with Crippen LogP contribution in [-0.4, -0.2) is 57.6 Å². The van der Waals surface area contributed by atoms with Crippen LogP contribution in [0.2, 0.25) is 5.02 Å². The molecular formula is C19H26ClN3O6S2. The predicted molar refractivity (Wildman–Crippen MR) is 118 cm³/mol. The molecule has 3 rings (SSSR count). The molecule has 1 aliphatic heterocycles. The van der Waals surface area contributed by atoms with Crippen molar-refractivity contribution in [2.24, 2.45) is 0 Å². The fourth-order valence-electron chi connectivity index (χ4n) is 3.38. The number of anilines is 1. The first kappa shape index (κ1) is 24.0. The number of hydrogen-bond donors (Lipinski definition) is 2. The fourth-order valence-corrected chi connectivity index (χ4v) is 6.34. The van der Waals surface area contributed by atoms with Crippen molar-refractivity contribution in [3.8, 4) is 0 Å². The maximum atomic E-state index is 12.8. The van der Waals surface area contributed by atoms with Gasteiger partial charge < -0.3 is 14.4 Å². The molecule has 2 N–H and O–H groups in total. The van der Waals surface area contributed by atoms with Crippen molar-refractivity contribution >= 4 is 37.1 Å². The summed E-state index contributed by atoms with van der Waals surface area (Å²) in [5.41, 5.74) is 1.22. The molecule has 0 bridgehead atoms. The van der Waals surface area contributed by atoms with Gasteiger partial charge in [0.05, 0.1) is 29.6 Å². The summed E-state index contributed by atoms with van der Waals surface area (Å²) < 4.78 is 57.6. The molecule has 0 spiro atoms. The summed E-state index contributed by atoms with van der Waals surface area (Å²) in [6.07, 6.45) is 1.55. The highest BCUT2D eigenvalue weighted by Gasteiger charge is 2.33. The van der Waals surface area contributed by atoms with Crippen molar-refractivity contribution in [1.82, 2.24) is 9.71 Å². The summed E-state index contributed by atoms with van der Waals surface area (Å²) >= 11 is 6.27. The second-order valence-corrected chi connectivity index (χ2v) is 12.0. The average molecular weight is 492 g/mol. The number of nitrogens with zero attached hydrogens (tertiary/aromatic N) is 2. The van der Waals surface area contributed by atoms with Crippen LogP contribution in [0.5, 0.6) is 0 Å². The van der Waals surface area contributed by atoms with Gasteiger partial charge in [0, 0.05) is 25.2 Å². The van der Waals surface area contributed by atoms with Gasteiger partial charge in [-0.2, -0.15) is 0 Å². The summed E-state index contributed by atoms with van der Waals surface area (Å²) in [5, 5.41) is 8.50. The van der Waals surface area contributed by atoms with Gasteiger partial charge in [-0.25, -0.2) is 26.5 Å². The quantitative estimate of drug-likeness (QED) is 0.570. The SMILES string of the molecule is CCCc1nc(C)c(CNS(=O)(=O)c2ccc(N3CCS(=O)(=O)C(CO)C3)cc2Cl)o1. The number of benzene rings is 1. The molecule has 9 nitrogen and oxygen atoms in total. The van der Waals surface area contributed by atoms with Gasteiger partial charge in [-0.15, -0.1) is 0 Å². The second-order valence-electron chi connectivity index (χ2n) is 7.42. The van der Waals surface area contributed by atoms with E-state index in [1.165, 1.54) is 12.1 Å². The van der Waals surface area contributed by atoms with E-state index in [9.17, 15) is 21.9 Å². The van der Waals surface area contributed by atoms with Gasteiger partial charge >= 0.3 is 0 Å². The van der Waals surface area contributed by atoms with Crippen LogP contribution in [0.25, 0.3) is 0 Å². The highest BCUT2D eigenvalue weighted by molar-refractivity contribution is 7.92. The third-order valence-corrected chi connectivity index (χ3v) is 9.12. The van der Waals surface area contributed by atoms with Crippen molar-refractivity contribution in [1.29, 1.82) is 0 Å². The van der Waals surface area contributed by atoms with Crippen LogP contribution >= 0.6 is 11.6 Å². The molecule has 31 heavy (non-hydrogen) atoms. The molecule has 1 atom stereocenters. The van der Waals surface area contributed by atoms with Crippen LogP contribution in [0.15, 0.2) is 27.5 Å². The van der Waals surface area contributed by atoms with E-state index in [0.29, 0.717) is 29.5 Å². The lowest BCUT2D eigenvalue weighted by Crippen LogP contribution is -2.48. The van der Waals surface area contributed by atoms with Crippen molar-refractivity contribution in [2.45, 2.75) is 43.4 Å². The molecule has 12 heteroatoms. The summed E-state index contributed by atoms with van der Waals surface area (Å²) in [5.74, 6) is 0.930. The zero-order chi connectivity index (χ0) is 22.8. The molecule has 1 aliphatic rings. The number of sulfonamides is 1. The minimum atomic E-state index is -3.91. The lowest BCUT2D eigenvalue weighted by molar-refractivity contribution is 0.288. The Morgan fingerprint density at radius 2 is 2.13 bits per heavy atom. The van der Waals surface area contributed by atoms with E-state index in [4.69, 9.17) is 16.0 Å². The largest absolute Gasteiger partial charge is 0.444 e. The predicted octanol–water partition coefficient (Wildman–Crippen LogP) is 1.66. The lowest BCUT2D eigenvalue weighted by Gasteiger charge is -2.33. The highest BCUT2D eigenvalue weighted by atomic mass is 35.5. The monoisotopic (exact) mass is 491 g/mol. The Balaban J connectivity index is 1.74. The van der Waals surface area contributed by atoms with Gasteiger partial charge in [-0.1, -0.05) is 18.5 Å². The molecule has 1 unspecified atom stereocenters. The number of aliphatic hydroxyl groups excluding tert-OH is 1. The molecule has 0 aliphatic carbocycles. The number of oxazole rings is 1. The Morgan fingerprint density at radius 1 is 1.39 bits per heavy atom. The Kier molecular flexibility index (Phi) is 7.32. The van der Waals surface area contributed by atoms with Crippen LogP contribution < -0.4 is 9.62 Å². The van der Waals surface area contributed by atoms with Crippen LogP contribution in [0, 0.1) is 6.92 Å². The van der Waals surface area contributed by atoms with Gasteiger partial charge in [-0.05, 0) is 31.5 Å². The lowest BCUT2D eigenvalue weighted by atomic mass is 10.2. The average Bonchev–Trinajstić information content (AvgIpc) is 3.05. The second kappa shape index (κ2) is 9.45. The number of sulfone groups is 1. The minimum absolute atomic E-state index is 0.0138. The molecular weight excluding hydrogens is 466 g/mol. The van der Waals surface area contributed by atoms with Crippen molar-refractivity contribution in [3.05, 3.63) is 40.6 Å². The summed E-state index contributed by atoms with van der Waals surface area (Å²) in [6.45, 7) is 3.59. The molecule has 2 heterocycles. The van der Waals surface area contributed by atoms with Gasteiger partial charge in [0.25, 0.3) is 0 Å². The first-order valence-corrected chi connectivity index (χ1v) is 13.5. The van der Waals surface area contributed by atoms with Crippen LogP contribution in [0.4, 0.5) is 5.69 Å². The number of hydrogen-bond acceptors (Lipinski definition) is 8. The zero-order valence-electron chi connectivity index (χ0n) is 17.3. The first-order chi connectivity index (χ1) is 14.6. The normalized spacial score (nSPS) is 19.0. The Labute approximate surface area is 187 Å². The summed E-state index contributed by atoms with van der Waals surface area (Å²) in [7, 11) is -7.25. The Hall–Kier alpha value is -1.66. The third kappa shape index (κ3) is 5.40. The number of aryl methyl sites for hydroxylation is 2. The Morgan fingerprint density at radius 3 is 2.77 bits per heavy atom. The molecule has 2 aromatic rings. The molecule has 1 aromatic carbocycles. The summed E-state index contributed by atoms with van der Waals surface area (Å²) in [4.78, 5) is 5.96. The van der Waals surface area contributed by atoms with E-state index >= 15 is 0 Å². The van der Waals surface area contributed by atoms with Crippen molar-refractivity contribution in [2.75, 3.05) is 30.3 Å². The molecule has 0 saturated carbocycles. The van der Waals surface area contributed by atoms with Crippen LogP contribution in [-0.2, 0) is 32.8 Å². The number of rotatable bonds is 8. The molecule has 0 amide bonds. The Bertz CT molecular complexity index is 1150. The topological polar surface area (TPSA) is 130 Å². The number of aliphatic hydroxyl groups is 1. The van der Waals surface area contributed by atoms with E-state index < -0.39 is 31.7 Å². The van der Waals surface area contributed by atoms with E-state index in [0.717, 1.165) is 6.42 Å². The molecule has 1 saturated heterocycles. The van der Waals surface area contributed by atoms with E-state index in [-0.39, 0.29) is 35.3 Å². The van der Waals surface area contributed by atoms with Crippen molar-refractivity contribution in [3.63, 3.8) is 0 Å². The molecule has 1 fully saturated rings. The maximum absolute atomic E-state index is 12.8.